The standard InChI is InChI=1S/C15H14BrN3O4/c16-11-12(9-4-2-1-3-5-9)17-18-13(11)14(20)19-6-7-23-8-10(19)15(21)22/h1-5,10H,6-8H2,(H,17,18)(H,21,22). The lowest BCUT2D eigenvalue weighted by Crippen LogP contribution is -2.52. The minimum Gasteiger partial charge on any atom is -0.480 e. The number of aliphatic carboxylic acids is 1. The monoisotopic (exact) mass is 379 g/mol. The predicted octanol–water partition coefficient (Wildman–Crippen LogP) is 1.76. The molecule has 1 amide bonds. The summed E-state index contributed by atoms with van der Waals surface area (Å²) in [7, 11) is 0. The van der Waals surface area contributed by atoms with E-state index in [9.17, 15) is 14.7 Å². The molecule has 1 atom stereocenters. The molecule has 120 valence electrons. The zero-order valence-electron chi connectivity index (χ0n) is 12.0. The lowest BCUT2D eigenvalue weighted by atomic mass is 10.1. The summed E-state index contributed by atoms with van der Waals surface area (Å²) < 4.78 is 5.67. The molecule has 1 aliphatic rings. The first-order chi connectivity index (χ1) is 11.1. The molecule has 2 N–H and O–H groups in total. The van der Waals surface area contributed by atoms with Gasteiger partial charge in [-0.05, 0) is 15.9 Å². The van der Waals surface area contributed by atoms with Gasteiger partial charge in [-0.15, -0.1) is 0 Å². The first kappa shape index (κ1) is 15.7. The molecule has 3 rings (SSSR count). The van der Waals surface area contributed by atoms with E-state index in [0.29, 0.717) is 16.8 Å². The largest absolute Gasteiger partial charge is 0.480 e. The van der Waals surface area contributed by atoms with E-state index in [1.165, 1.54) is 4.90 Å². The number of carbonyl (C=O) groups excluding carboxylic acids is 1. The second-order valence-electron chi connectivity index (χ2n) is 5.05. The number of nitrogens with one attached hydrogen (secondary N) is 1. The zero-order valence-corrected chi connectivity index (χ0v) is 13.6. The molecule has 1 aromatic carbocycles. The molecule has 1 aliphatic heterocycles. The second kappa shape index (κ2) is 6.51. The van der Waals surface area contributed by atoms with Gasteiger partial charge in [0, 0.05) is 12.1 Å². The number of morpholine rings is 1. The van der Waals surface area contributed by atoms with Crippen LogP contribution in [0.5, 0.6) is 0 Å². The third-order valence-electron chi connectivity index (χ3n) is 3.64. The SMILES string of the molecule is O=C(O)C1COCCN1C(=O)c1[nH]nc(-c2ccccc2)c1Br. The van der Waals surface area contributed by atoms with Crippen molar-refractivity contribution >= 4 is 27.8 Å². The Hall–Kier alpha value is -2.19. The lowest BCUT2D eigenvalue weighted by molar-refractivity contribution is -0.147. The summed E-state index contributed by atoms with van der Waals surface area (Å²) in [5, 5.41) is 16.1. The van der Waals surface area contributed by atoms with Crippen LogP contribution in [0.25, 0.3) is 11.3 Å². The van der Waals surface area contributed by atoms with Crippen LogP contribution in [0.1, 0.15) is 10.5 Å². The van der Waals surface area contributed by atoms with Crippen LogP contribution in [-0.4, -0.2) is 57.9 Å². The molecule has 1 unspecified atom stereocenters. The molecular formula is C15H14BrN3O4. The number of rotatable bonds is 3. The number of aromatic nitrogens is 2. The molecule has 0 bridgehead atoms. The Morgan fingerprint density at radius 3 is 2.78 bits per heavy atom. The number of halogens is 1. The second-order valence-corrected chi connectivity index (χ2v) is 5.85. The molecule has 1 aromatic heterocycles. The van der Waals surface area contributed by atoms with Crippen molar-refractivity contribution in [3.63, 3.8) is 0 Å². The number of benzene rings is 1. The van der Waals surface area contributed by atoms with E-state index in [0.717, 1.165) is 5.56 Å². The third kappa shape index (κ3) is 2.99. The number of aromatic amines is 1. The molecule has 0 spiro atoms. The van der Waals surface area contributed by atoms with Crippen LogP contribution in [0.2, 0.25) is 0 Å². The number of hydrogen-bond acceptors (Lipinski definition) is 4. The van der Waals surface area contributed by atoms with E-state index in [2.05, 4.69) is 26.1 Å². The zero-order chi connectivity index (χ0) is 16.4. The van der Waals surface area contributed by atoms with Gasteiger partial charge in [-0.1, -0.05) is 30.3 Å². The molecule has 2 heterocycles. The van der Waals surface area contributed by atoms with Gasteiger partial charge in [-0.3, -0.25) is 9.89 Å². The van der Waals surface area contributed by atoms with E-state index in [4.69, 9.17) is 4.74 Å². The van der Waals surface area contributed by atoms with Crippen LogP contribution in [0, 0.1) is 0 Å². The lowest BCUT2D eigenvalue weighted by Gasteiger charge is -2.32. The van der Waals surface area contributed by atoms with Gasteiger partial charge in [0.2, 0.25) is 0 Å². The molecule has 7 nitrogen and oxygen atoms in total. The Morgan fingerprint density at radius 1 is 1.35 bits per heavy atom. The van der Waals surface area contributed by atoms with Crippen LogP contribution in [0.3, 0.4) is 0 Å². The highest BCUT2D eigenvalue weighted by atomic mass is 79.9. The maximum Gasteiger partial charge on any atom is 0.328 e. The van der Waals surface area contributed by atoms with Crippen molar-refractivity contribution in [3.8, 4) is 11.3 Å². The Morgan fingerprint density at radius 2 is 2.09 bits per heavy atom. The van der Waals surface area contributed by atoms with Crippen molar-refractivity contribution < 1.29 is 19.4 Å². The summed E-state index contributed by atoms with van der Waals surface area (Å²) in [6, 6.07) is 8.40. The summed E-state index contributed by atoms with van der Waals surface area (Å²) in [5.41, 5.74) is 1.69. The van der Waals surface area contributed by atoms with Crippen LogP contribution in [0.15, 0.2) is 34.8 Å². The molecule has 0 aliphatic carbocycles. The minimum absolute atomic E-state index is 0.0155. The number of nitrogens with zero attached hydrogens (tertiary/aromatic N) is 2. The number of H-pyrrole nitrogens is 1. The average molecular weight is 380 g/mol. The van der Waals surface area contributed by atoms with Crippen LogP contribution >= 0.6 is 15.9 Å². The van der Waals surface area contributed by atoms with Gasteiger partial charge in [-0.25, -0.2) is 4.79 Å². The van der Waals surface area contributed by atoms with Gasteiger partial charge < -0.3 is 14.7 Å². The minimum atomic E-state index is -1.09. The molecule has 8 heteroatoms. The van der Waals surface area contributed by atoms with Crippen molar-refractivity contribution in [2.45, 2.75) is 6.04 Å². The van der Waals surface area contributed by atoms with E-state index in [1.54, 1.807) is 0 Å². The van der Waals surface area contributed by atoms with Gasteiger partial charge in [0.25, 0.3) is 5.91 Å². The van der Waals surface area contributed by atoms with Crippen LogP contribution in [0.4, 0.5) is 0 Å². The van der Waals surface area contributed by atoms with Crippen molar-refractivity contribution in [1.29, 1.82) is 0 Å². The molecule has 2 aromatic rings. The molecular weight excluding hydrogens is 366 g/mol. The number of carboxylic acid groups (broad SMARTS) is 1. The quantitative estimate of drug-likeness (QED) is 0.846. The number of carboxylic acids is 1. The number of amides is 1. The Kier molecular flexibility index (Phi) is 4.44. The average Bonchev–Trinajstić information content (AvgIpc) is 2.96. The topological polar surface area (TPSA) is 95.5 Å². The Bertz CT molecular complexity index is 732. The van der Waals surface area contributed by atoms with E-state index < -0.39 is 17.9 Å². The van der Waals surface area contributed by atoms with E-state index in [1.807, 2.05) is 30.3 Å². The number of carbonyl (C=O) groups is 2. The molecule has 1 saturated heterocycles. The van der Waals surface area contributed by atoms with Crippen molar-refractivity contribution in [2.75, 3.05) is 19.8 Å². The smallest absolute Gasteiger partial charge is 0.328 e. The highest BCUT2D eigenvalue weighted by molar-refractivity contribution is 9.10. The Labute approximate surface area is 140 Å². The maximum atomic E-state index is 12.7. The van der Waals surface area contributed by atoms with Gasteiger partial charge in [-0.2, -0.15) is 5.10 Å². The Balaban J connectivity index is 1.91. The highest BCUT2D eigenvalue weighted by Crippen LogP contribution is 2.29. The van der Waals surface area contributed by atoms with Gasteiger partial charge in [0.1, 0.15) is 11.4 Å². The van der Waals surface area contributed by atoms with Crippen LogP contribution in [-0.2, 0) is 9.53 Å². The summed E-state index contributed by atoms with van der Waals surface area (Å²) >= 11 is 3.39. The van der Waals surface area contributed by atoms with Crippen LogP contribution < -0.4 is 0 Å². The highest BCUT2D eigenvalue weighted by Gasteiger charge is 2.35. The first-order valence-electron chi connectivity index (χ1n) is 7.00. The van der Waals surface area contributed by atoms with Gasteiger partial charge in [0.15, 0.2) is 6.04 Å². The summed E-state index contributed by atoms with van der Waals surface area (Å²) in [6.07, 6.45) is 0. The molecule has 23 heavy (non-hydrogen) atoms. The first-order valence-corrected chi connectivity index (χ1v) is 7.79. The molecule has 0 radical (unpaired) electrons. The summed E-state index contributed by atoms with van der Waals surface area (Å²) in [5.74, 6) is -1.50. The number of hydrogen-bond donors (Lipinski definition) is 2. The fraction of sp³-hybridized carbons (Fsp3) is 0.267. The maximum absolute atomic E-state index is 12.7. The fourth-order valence-corrected chi connectivity index (χ4v) is 3.03. The third-order valence-corrected chi connectivity index (χ3v) is 4.41. The predicted molar refractivity (Wildman–Crippen MR) is 85.0 cm³/mol. The number of ether oxygens (including phenoxy) is 1. The van der Waals surface area contributed by atoms with E-state index >= 15 is 0 Å². The van der Waals surface area contributed by atoms with Gasteiger partial charge in [0.05, 0.1) is 17.7 Å². The van der Waals surface area contributed by atoms with E-state index in [-0.39, 0.29) is 18.8 Å². The van der Waals surface area contributed by atoms with Crippen molar-refractivity contribution in [3.05, 3.63) is 40.5 Å². The van der Waals surface area contributed by atoms with Gasteiger partial charge >= 0.3 is 5.97 Å². The van der Waals surface area contributed by atoms with Crippen molar-refractivity contribution in [2.24, 2.45) is 0 Å². The van der Waals surface area contributed by atoms with Crippen molar-refractivity contribution in [1.82, 2.24) is 15.1 Å². The normalized spacial score (nSPS) is 18.0. The summed E-state index contributed by atoms with van der Waals surface area (Å²) in [4.78, 5) is 25.3. The fourth-order valence-electron chi connectivity index (χ4n) is 2.45. The molecule has 1 fully saturated rings. The summed E-state index contributed by atoms with van der Waals surface area (Å²) in [6.45, 7) is 0.521. The molecule has 0 saturated carbocycles.